The van der Waals surface area contributed by atoms with E-state index < -0.39 is 16.1 Å². The maximum atomic E-state index is 12.6. The van der Waals surface area contributed by atoms with Gasteiger partial charge in [0.1, 0.15) is 22.3 Å². The van der Waals surface area contributed by atoms with Gasteiger partial charge in [0.25, 0.3) is 15.9 Å². The van der Waals surface area contributed by atoms with Gasteiger partial charge in [-0.15, -0.1) is 11.8 Å². The molecule has 0 saturated carbocycles. The molecule has 0 spiro atoms. The Morgan fingerprint density at radius 3 is 2.77 bits per heavy atom. The summed E-state index contributed by atoms with van der Waals surface area (Å²) in [6, 6.07) is 4.25. The van der Waals surface area contributed by atoms with Crippen molar-refractivity contribution >= 4 is 102 Å². The number of methoxy groups -OCH3 is 1. The number of hydrogen-bond acceptors (Lipinski definition) is 9. The van der Waals surface area contributed by atoms with Gasteiger partial charge in [0.05, 0.1) is 29.5 Å². The zero-order valence-electron chi connectivity index (χ0n) is 15.7. The summed E-state index contributed by atoms with van der Waals surface area (Å²) in [4.78, 5) is 11.9. The van der Waals surface area contributed by atoms with Crippen molar-refractivity contribution in [1.29, 1.82) is 0 Å². The minimum Gasteiger partial charge on any atom is -0.478 e. The van der Waals surface area contributed by atoms with Gasteiger partial charge in [-0.25, -0.2) is 23.4 Å². The van der Waals surface area contributed by atoms with Crippen LogP contribution in [0.3, 0.4) is 0 Å². The summed E-state index contributed by atoms with van der Waals surface area (Å²) in [5.41, 5.74) is 0. The van der Waals surface area contributed by atoms with Gasteiger partial charge in [-0.05, 0) is 12.1 Å². The van der Waals surface area contributed by atoms with Crippen LogP contribution in [-0.2, 0) is 10.0 Å². The number of sulfonamides is 1. The van der Waals surface area contributed by atoms with Crippen LogP contribution in [0.15, 0.2) is 51.2 Å². The molecule has 2 heterocycles. The molecule has 1 aromatic carbocycles. The molecule has 155 valence electrons. The molecule has 14 heteroatoms. The number of aromatic nitrogens is 3. The Hall–Kier alpha value is -0.414. The molecule has 2 N–H and O–H groups in total. The summed E-state index contributed by atoms with van der Waals surface area (Å²) in [6.07, 6.45) is 3.19. The van der Waals surface area contributed by atoms with E-state index in [1.807, 2.05) is 0 Å². The average Bonchev–Trinajstić information content (AvgIpc) is 3.23. The normalized spacial score (nSPS) is 12.1. The van der Waals surface area contributed by atoms with Crippen molar-refractivity contribution in [2.75, 3.05) is 17.6 Å². The smallest absolute Gasteiger partial charge is 0.264 e. The minimum absolute atomic E-state index is 0. The van der Waals surface area contributed by atoms with E-state index in [0.29, 0.717) is 5.03 Å². The summed E-state index contributed by atoms with van der Waals surface area (Å²) in [7, 11) is -2.76. The number of oxazole rings is 1. The monoisotopic (exact) mass is 515 g/mol. The van der Waals surface area contributed by atoms with E-state index in [9.17, 15) is 13.5 Å². The van der Waals surface area contributed by atoms with Crippen LogP contribution in [0.2, 0.25) is 10.0 Å². The van der Waals surface area contributed by atoms with E-state index in [1.54, 1.807) is 0 Å². The minimum atomic E-state index is -4.08. The van der Waals surface area contributed by atoms with Gasteiger partial charge in [0, 0.05) is 57.1 Å². The van der Waals surface area contributed by atoms with Crippen molar-refractivity contribution in [3.8, 4) is 5.88 Å². The molecule has 9 nitrogen and oxygen atoms in total. The summed E-state index contributed by atoms with van der Waals surface area (Å²) in [5.74, 6) is 0.199. The fraction of sp³-hybridized carbons (Fsp3) is 0.188. The molecular weight excluding hydrogens is 502 g/mol. The Morgan fingerprint density at radius 2 is 2.10 bits per heavy atom. The molecule has 0 aliphatic heterocycles. The second-order valence-corrected chi connectivity index (χ2v) is 8.90. The van der Waals surface area contributed by atoms with Crippen LogP contribution >= 0.6 is 35.0 Å². The molecule has 1 radical (unpaired) electrons. The molecular formula is C16H14Cl2KN4O5S2. The van der Waals surface area contributed by atoms with E-state index >= 15 is 0 Å². The Labute approximate surface area is 229 Å². The fourth-order valence-corrected chi connectivity index (χ4v) is 4.66. The zero-order valence-corrected chi connectivity index (χ0v) is 22.0. The van der Waals surface area contributed by atoms with Crippen LogP contribution in [0.4, 0.5) is 5.82 Å². The van der Waals surface area contributed by atoms with Gasteiger partial charge in [-0.1, -0.05) is 29.3 Å². The summed E-state index contributed by atoms with van der Waals surface area (Å²) in [6.45, 7) is 0. The third-order valence-electron chi connectivity index (χ3n) is 3.47. The number of thioether (sulfide) groups is 1. The molecule has 0 aliphatic carbocycles. The molecule has 1 atom stereocenters. The molecule has 0 bridgehead atoms. The second-order valence-electron chi connectivity index (χ2n) is 5.42. The van der Waals surface area contributed by atoms with Crippen molar-refractivity contribution in [2.24, 2.45) is 0 Å². The van der Waals surface area contributed by atoms with Crippen LogP contribution in [0.1, 0.15) is 12.0 Å². The number of hydrogen-bond donors (Lipinski definition) is 2. The van der Waals surface area contributed by atoms with Crippen molar-refractivity contribution < 1.29 is 22.7 Å². The topological polar surface area (TPSA) is 127 Å². The van der Waals surface area contributed by atoms with E-state index in [-0.39, 0.29) is 89.7 Å². The quantitative estimate of drug-likeness (QED) is 0.343. The fourth-order valence-electron chi connectivity index (χ4n) is 2.15. The van der Waals surface area contributed by atoms with E-state index in [1.165, 1.54) is 44.0 Å². The SMILES string of the molecule is COc1nc(SCC(O)c2ncco2)cnc1NS(=O)(=O)c1cccc(Cl)c1Cl.[K]. The number of ether oxygens (including phenoxy) is 1. The number of aliphatic hydroxyl groups excluding tert-OH is 1. The first-order valence-corrected chi connectivity index (χ1v) is 11.1. The van der Waals surface area contributed by atoms with E-state index in [0.717, 1.165) is 11.8 Å². The van der Waals surface area contributed by atoms with Gasteiger partial charge >= 0.3 is 0 Å². The number of rotatable bonds is 8. The number of nitrogens with zero attached hydrogens (tertiary/aromatic N) is 3. The molecule has 0 aliphatic rings. The Balaban J connectivity index is 0.00000320. The first kappa shape index (κ1) is 25.8. The Bertz CT molecular complexity index is 1100. The molecule has 3 aromatic rings. The predicted molar refractivity (Wildman–Crippen MR) is 114 cm³/mol. The predicted octanol–water partition coefficient (Wildman–Crippen LogP) is 3.03. The number of nitrogens with one attached hydrogen (secondary N) is 1. The molecule has 3 rings (SSSR count). The summed E-state index contributed by atoms with van der Waals surface area (Å²) >= 11 is 13.1. The first-order chi connectivity index (χ1) is 13.8. The van der Waals surface area contributed by atoms with Crippen LogP contribution in [0.25, 0.3) is 0 Å². The molecule has 30 heavy (non-hydrogen) atoms. The molecule has 1 unspecified atom stereocenters. The Morgan fingerprint density at radius 1 is 1.33 bits per heavy atom. The second kappa shape index (κ2) is 11.5. The maximum Gasteiger partial charge on any atom is 0.264 e. The van der Waals surface area contributed by atoms with Gasteiger partial charge in [0.2, 0.25) is 11.7 Å². The Kier molecular flexibility index (Phi) is 9.86. The maximum absolute atomic E-state index is 12.6. The number of anilines is 1. The van der Waals surface area contributed by atoms with Crippen LogP contribution in [0, 0.1) is 0 Å². The summed E-state index contributed by atoms with van der Waals surface area (Å²) < 4.78 is 37.7. The number of halogens is 2. The van der Waals surface area contributed by atoms with Crippen molar-refractivity contribution in [3.63, 3.8) is 0 Å². The third-order valence-corrected chi connectivity index (χ3v) is 6.76. The number of aliphatic hydroxyl groups is 1. The summed E-state index contributed by atoms with van der Waals surface area (Å²) in [5, 5.41) is 10.4. The van der Waals surface area contributed by atoms with Crippen molar-refractivity contribution in [3.05, 3.63) is 52.8 Å². The van der Waals surface area contributed by atoms with Crippen LogP contribution < -0.4 is 9.46 Å². The van der Waals surface area contributed by atoms with Crippen LogP contribution in [-0.4, -0.2) is 92.7 Å². The third kappa shape index (κ3) is 6.31. The largest absolute Gasteiger partial charge is 0.478 e. The molecule has 0 amide bonds. The average molecular weight is 516 g/mol. The van der Waals surface area contributed by atoms with Crippen LogP contribution in [0.5, 0.6) is 5.88 Å². The van der Waals surface area contributed by atoms with Gasteiger partial charge in [-0.2, -0.15) is 0 Å². The van der Waals surface area contributed by atoms with Crippen molar-refractivity contribution in [1.82, 2.24) is 15.0 Å². The zero-order chi connectivity index (χ0) is 21.0. The van der Waals surface area contributed by atoms with E-state index in [2.05, 4.69) is 19.7 Å². The van der Waals surface area contributed by atoms with Gasteiger partial charge in [0.15, 0.2) is 0 Å². The molecule has 0 saturated heterocycles. The van der Waals surface area contributed by atoms with E-state index in [4.69, 9.17) is 32.4 Å². The first-order valence-electron chi connectivity index (χ1n) is 7.90. The molecule has 0 fully saturated rings. The standard InChI is InChI=1S/C16H14Cl2N4O5S2.K/c1-26-16-14(22-29(24,25)11-4-2-3-9(17)13(11)18)20-7-12(21-16)28-8-10(23)15-19-5-6-27-15;/h2-7,10,23H,8H2,1H3,(H,20,22);. The molecule has 2 aromatic heterocycles. The van der Waals surface area contributed by atoms with Gasteiger partial charge < -0.3 is 14.3 Å². The van der Waals surface area contributed by atoms with Crippen molar-refractivity contribution in [2.45, 2.75) is 16.0 Å². The van der Waals surface area contributed by atoms with Gasteiger partial charge in [-0.3, -0.25) is 4.72 Å². The number of benzene rings is 1.